The largest absolute Gasteiger partial charge is 0.328 e. The van der Waals surface area contributed by atoms with Crippen LogP contribution in [0, 0.1) is 0 Å². The van der Waals surface area contributed by atoms with E-state index in [9.17, 15) is 0 Å². The molecule has 0 saturated carbocycles. The predicted molar refractivity (Wildman–Crippen MR) is 55.6 cm³/mol. The van der Waals surface area contributed by atoms with E-state index >= 15 is 0 Å². The summed E-state index contributed by atoms with van der Waals surface area (Å²) in [6.45, 7) is 13.2. The van der Waals surface area contributed by atoms with E-state index in [2.05, 4.69) is 26.2 Å². The van der Waals surface area contributed by atoms with Gasteiger partial charge in [-0.3, -0.25) is 0 Å². The van der Waals surface area contributed by atoms with Crippen LogP contribution in [0.1, 0.15) is 13.3 Å². The Labute approximate surface area is 71.7 Å². The molecule has 1 atom stereocenters. The minimum atomic E-state index is -0.942. The van der Waals surface area contributed by atoms with Crippen molar-refractivity contribution in [2.75, 3.05) is 0 Å². The molecule has 0 saturated heterocycles. The smallest absolute Gasteiger partial charge is 0.0483 e. The van der Waals surface area contributed by atoms with Gasteiger partial charge in [0.25, 0.3) is 0 Å². The zero-order valence-electron chi connectivity index (χ0n) is 8.28. The molecule has 0 aliphatic carbocycles. The average Bonchev–Trinajstić information content (AvgIpc) is 1.53. The Hall–Kier alpha value is -0.0831. The predicted octanol–water partition coefficient (Wildman–Crippen LogP) is 2.62. The van der Waals surface area contributed by atoms with Crippen molar-refractivity contribution in [2.45, 2.75) is 45.1 Å². The minimum absolute atomic E-state index is 0.277. The molecule has 0 aromatic heterocycles. The molecule has 0 spiro atoms. The molecule has 66 valence electrons. The minimum Gasteiger partial charge on any atom is -0.328 e. The van der Waals surface area contributed by atoms with Crippen molar-refractivity contribution < 1.29 is 0 Å². The van der Waals surface area contributed by atoms with E-state index in [1.165, 1.54) is 11.6 Å². The van der Waals surface area contributed by atoms with E-state index in [0.717, 1.165) is 6.42 Å². The summed E-state index contributed by atoms with van der Waals surface area (Å²) in [7, 11) is -0.942. The lowest BCUT2D eigenvalue weighted by Gasteiger charge is -2.18. The van der Waals surface area contributed by atoms with Gasteiger partial charge in [-0.1, -0.05) is 25.2 Å². The van der Waals surface area contributed by atoms with Crippen molar-refractivity contribution in [2.24, 2.45) is 5.73 Å². The summed E-state index contributed by atoms with van der Waals surface area (Å²) in [4.78, 5) is 0. The molecule has 0 amide bonds. The van der Waals surface area contributed by atoms with Gasteiger partial charge in [-0.05, 0) is 19.4 Å². The average molecular weight is 171 g/mol. The number of hydrogen-bond donors (Lipinski definition) is 1. The van der Waals surface area contributed by atoms with Crippen molar-refractivity contribution in [1.82, 2.24) is 0 Å². The highest BCUT2D eigenvalue weighted by Crippen LogP contribution is 2.17. The van der Waals surface area contributed by atoms with Crippen LogP contribution in [0.5, 0.6) is 0 Å². The first-order valence-corrected chi connectivity index (χ1v) is 7.94. The molecule has 2 heteroatoms. The van der Waals surface area contributed by atoms with Crippen molar-refractivity contribution in [3.8, 4) is 0 Å². The summed E-state index contributed by atoms with van der Waals surface area (Å²) in [6.07, 6.45) is 0.990. The third-order valence-corrected chi connectivity index (χ3v) is 2.95. The van der Waals surface area contributed by atoms with Crippen LogP contribution in [-0.4, -0.2) is 14.1 Å². The van der Waals surface area contributed by atoms with E-state index in [4.69, 9.17) is 5.73 Å². The molecule has 11 heavy (non-hydrogen) atoms. The van der Waals surface area contributed by atoms with Crippen molar-refractivity contribution >= 4 is 8.07 Å². The van der Waals surface area contributed by atoms with Crippen LogP contribution < -0.4 is 5.73 Å². The first-order chi connectivity index (χ1) is 4.81. The van der Waals surface area contributed by atoms with Gasteiger partial charge in [0.15, 0.2) is 0 Å². The fraction of sp³-hybridized carbons (Fsp3) is 0.778. The standard InChI is InChI=1S/C9H21NSi/c1-8(6-9(2)10)7-11(3,4)5/h9H,1,6-7,10H2,2-5H3/t9-/m1/s1. The number of hydrogen-bond acceptors (Lipinski definition) is 1. The van der Waals surface area contributed by atoms with E-state index in [-0.39, 0.29) is 6.04 Å². The second-order valence-corrected chi connectivity index (χ2v) is 10.1. The maximum absolute atomic E-state index is 5.67. The summed E-state index contributed by atoms with van der Waals surface area (Å²) in [5.41, 5.74) is 7.00. The van der Waals surface area contributed by atoms with Gasteiger partial charge in [0.1, 0.15) is 0 Å². The van der Waals surface area contributed by atoms with Gasteiger partial charge >= 0.3 is 0 Å². The van der Waals surface area contributed by atoms with E-state index in [1.807, 2.05) is 6.92 Å². The topological polar surface area (TPSA) is 26.0 Å². The maximum Gasteiger partial charge on any atom is 0.0483 e. The summed E-state index contributed by atoms with van der Waals surface area (Å²) < 4.78 is 0. The maximum atomic E-state index is 5.67. The lowest BCUT2D eigenvalue weighted by molar-refractivity contribution is 0.731. The third-order valence-electron chi connectivity index (χ3n) is 1.39. The molecule has 2 N–H and O–H groups in total. The normalized spacial score (nSPS) is 14.6. The molecular weight excluding hydrogens is 150 g/mol. The Kier molecular flexibility index (Phi) is 4.04. The molecule has 0 bridgehead atoms. The van der Waals surface area contributed by atoms with E-state index in [0.29, 0.717) is 0 Å². The first kappa shape index (κ1) is 10.9. The van der Waals surface area contributed by atoms with Crippen LogP contribution in [-0.2, 0) is 0 Å². The summed E-state index contributed by atoms with van der Waals surface area (Å²) in [6, 6.07) is 1.49. The van der Waals surface area contributed by atoms with Crippen molar-refractivity contribution in [3.63, 3.8) is 0 Å². The van der Waals surface area contributed by atoms with Crippen molar-refractivity contribution in [3.05, 3.63) is 12.2 Å². The molecule has 0 aliphatic rings. The highest BCUT2D eigenvalue weighted by atomic mass is 28.3. The summed E-state index contributed by atoms with van der Waals surface area (Å²) in [5, 5.41) is 0. The van der Waals surface area contributed by atoms with Gasteiger partial charge in [-0.25, -0.2) is 0 Å². The molecule has 0 aromatic rings. The molecular formula is C9H21NSi. The first-order valence-electron chi connectivity index (χ1n) is 4.23. The van der Waals surface area contributed by atoms with Crippen LogP contribution in [0.3, 0.4) is 0 Å². The molecule has 0 heterocycles. The Balaban J connectivity index is 3.71. The van der Waals surface area contributed by atoms with Gasteiger partial charge in [-0.15, -0.1) is 6.58 Å². The van der Waals surface area contributed by atoms with Crippen LogP contribution in [0.15, 0.2) is 12.2 Å². The zero-order valence-corrected chi connectivity index (χ0v) is 9.28. The Morgan fingerprint density at radius 1 is 1.45 bits per heavy atom. The fourth-order valence-electron chi connectivity index (χ4n) is 1.28. The number of rotatable bonds is 4. The SMILES string of the molecule is C=C(C[C@@H](C)N)C[Si](C)(C)C. The zero-order chi connectivity index (χ0) is 9.07. The summed E-state index contributed by atoms with van der Waals surface area (Å²) in [5.74, 6) is 0. The van der Waals surface area contributed by atoms with Gasteiger partial charge in [0, 0.05) is 14.1 Å². The molecule has 0 fully saturated rings. The molecule has 1 nitrogen and oxygen atoms in total. The number of nitrogens with two attached hydrogens (primary N) is 1. The Morgan fingerprint density at radius 3 is 2.18 bits per heavy atom. The lowest BCUT2D eigenvalue weighted by Crippen LogP contribution is -2.22. The monoisotopic (exact) mass is 171 g/mol. The van der Waals surface area contributed by atoms with Gasteiger partial charge in [0.2, 0.25) is 0 Å². The second kappa shape index (κ2) is 4.07. The molecule has 0 rings (SSSR count). The van der Waals surface area contributed by atoms with Gasteiger partial charge in [0.05, 0.1) is 0 Å². The quantitative estimate of drug-likeness (QED) is 0.511. The lowest BCUT2D eigenvalue weighted by atomic mass is 10.1. The molecule has 0 aliphatic heterocycles. The molecule has 0 aromatic carbocycles. The highest BCUT2D eigenvalue weighted by molar-refractivity contribution is 6.76. The van der Waals surface area contributed by atoms with Crippen LogP contribution >= 0.6 is 0 Å². The summed E-state index contributed by atoms with van der Waals surface area (Å²) >= 11 is 0. The fourth-order valence-corrected chi connectivity index (χ4v) is 2.92. The second-order valence-electron chi connectivity index (χ2n) is 4.67. The van der Waals surface area contributed by atoms with Gasteiger partial charge < -0.3 is 5.73 Å². The van der Waals surface area contributed by atoms with Crippen LogP contribution in [0.2, 0.25) is 25.7 Å². The van der Waals surface area contributed by atoms with Crippen LogP contribution in [0.4, 0.5) is 0 Å². The van der Waals surface area contributed by atoms with Crippen molar-refractivity contribution in [1.29, 1.82) is 0 Å². The third kappa shape index (κ3) is 7.82. The van der Waals surface area contributed by atoms with E-state index < -0.39 is 8.07 Å². The van der Waals surface area contributed by atoms with E-state index in [1.54, 1.807) is 0 Å². The van der Waals surface area contributed by atoms with Crippen LogP contribution in [0.25, 0.3) is 0 Å². The Morgan fingerprint density at radius 2 is 1.91 bits per heavy atom. The Bertz CT molecular complexity index is 133. The molecule has 0 radical (unpaired) electrons. The molecule has 0 unspecified atom stereocenters. The van der Waals surface area contributed by atoms with Gasteiger partial charge in [-0.2, -0.15) is 0 Å². The highest BCUT2D eigenvalue weighted by Gasteiger charge is 2.14.